The van der Waals surface area contributed by atoms with Crippen LogP contribution in [-0.4, -0.2) is 25.5 Å². The second-order valence-electron chi connectivity index (χ2n) is 5.44. The summed E-state index contributed by atoms with van der Waals surface area (Å²) in [5.74, 6) is 1.73. The average Bonchev–Trinajstić information content (AvgIpc) is 3.20. The van der Waals surface area contributed by atoms with Crippen LogP contribution in [0.25, 0.3) is 0 Å². The molecule has 0 radical (unpaired) electrons. The molecule has 1 fully saturated rings. The molecule has 23 heavy (non-hydrogen) atoms. The minimum Gasteiger partial charge on any atom is -0.426 e. The first kappa shape index (κ1) is 17.4. The van der Waals surface area contributed by atoms with Crippen molar-refractivity contribution in [2.75, 3.05) is 19.6 Å². The van der Waals surface area contributed by atoms with E-state index in [4.69, 9.17) is 9.15 Å². The van der Waals surface area contributed by atoms with Crippen molar-refractivity contribution >= 4 is 18.3 Å². The first-order valence-electron chi connectivity index (χ1n) is 7.63. The Morgan fingerprint density at radius 3 is 2.83 bits per heavy atom. The first-order chi connectivity index (χ1) is 10.8. The van der Waals surface area contributed by atoms with Crippen LogP contribution < -0.4 is 15.4 Å². The number of hydrogen-bond donors (Lipinski definition) is 2. The van der Waals surface area contributed by atoms with Crippen molar-refractivity contribution in [1.29, 1.82) is 0 Å². The average molecular weight is 337 g/mol. The van der Waals surface area contributed by atoms with Gasteiger partial charge in [-0.25, -0.2) is 0 Å². The van der Waals surface area contributed by atoms with Gasteiger partial charge in [-0.1, -0.05) is 18.2 Å². The minimum atomic E-state index is -0.200. The van der Waals surface area contributed by atoms with Gasteiger partial charge in [-0.05, 0) is 50.0 Å². The fourth-order valence-corrected chi connectivity index (χ4v) is 2.54. The Kier molecular flexibility index (Phi) is 6.50. The molecular weight excluding hydrogens is 316 g/mol. The van der Waals surface area contributed by atoms with Crippen molar-refractivity contribution in [1.82, 2.24) is 10.6 Å². The van der Waals surface area contributed by atoms with Crippen molar-refractivity contribution in [3.63, 3.8) is 0 Å². The van der Waals surface area contributed by atoms with Gasteiger partial charge in [0, 0.05) is 12.6 Å². The van der Waals surface area contributed by atoms with Gasteiger partial charge in [-0.2, -0.15) is 0 Å². The van der Waals surface area contributed by atoms with E-state index in [2.05, 4.69) is 10.6 Å². The van der Waals surface area contributed by atoms with Crippen molar-refractivity contribution < 1.29 is 13.9 Å². The van der Waals surface area contributed by atoms with Gasteiger partial charge >= 0.3 is 0 Å². The maximum Gasteiger partial charge on any atom is 0.290 e. The smallest absolute Gasteiger partial charge is 0.290 e. The molecule has 124 valence electrons. The molecule has 1 atom stereocenters. The number of amides is 1. The Bertz CT molecular complexity index is 609. The highest BCUT2D eigenvalue weighted by Crippen LogP contribution is 2.23. The van der Waals surface area contributed by atoms with Crippen molar-refractivity contribution in [3.05, 3.63) is 48.2 Å². The molecule has 3 rings (SSSR count). The molecule has 5 nitrogen and oxygen atoms in total. The molecule has 1 aliphatic rings. The van der Waals surface area contributed by atoms with Crippen LogP contribution in [0, 0.1) is 5.92 Å². The number of hydrogen-bond acceptors (Lipinski definition) is 4. The highest BCUT2D eigenvalue weighted by atomic mass is 35.5. The zero-order chi connectivity index (χ0) is 15.2. The van der Waals surface area contributed by atoms with E-state index in [9.17, 15) is 4.79 Å². The number of furan rings is 1. The molecule has 2 N–H and O–H groups in total. The van der Waals surface area contributed by atoms with Crippen LogP contribution >= 0.6 is 12.4 Å². The van der Waals surface area contributed by atoms with Crippen LogP contribution in [0.3, 0.4) is 0 Å². The molecule has 1 unspecified atom stereocenters. The normalized spacial score (nSPS) is 16.6. The zero-order valence-corrected chi connectivity index (χ0v) is 13.6. The van der Waals surface area contributed by atoms with E-state index in [0.29, 0.717) is 24.2 Å². The first-order valence-corrected chi connectivity index (χ1v) is 7.63. The molecule has 1 aromatic carbocycles. The van der Waals surface area contributed by atoms with Gasteiger partial charge in [0.05, 0.1) is 0 Å². The Hall–Kier alpha value is -1.98. The van der Waals surface area contributed by atoms with Crippen LogP contribution in [-0.2, 0) is 0 Å². The van der Waals surface area contributed by atoms with Gasteiger partial charge in [0.25, 0.3) is 11.9 Å². The fraction of sp³-hybridized carbons (Fsp3) is 0.353. The van der Waals surface area contributed by atoms with Crippen LogP contribution in [0.2, 0.25) is 0 Å². The Balaban J connectivity index is 0.00000192. The molecule has 1 aliphatic heterocycles. The number of carbonyl (C=O) groups excluding carboxylic acids is 1. The molecule has 6 heteroatoms. The van der Waals surface area contributed by atoms with Crippen LogP contribution in [0.15, 0.2) is 46.9 Å². The Morgan fingerprint density at radius 1 is 1.26 bits per heavy atom. The van der Waals surface area contributed by atoms with Crippen molar-refractivity contribution in [3.8, 4) is 11.7 Å². The molecule has 0 aliphatic carbocycles. The Labute approximate surface area is 141 Å². The largest absolute Gasteiger partial charge is 0.426 e. The topological polar surface area (TPSA) is 63.5 Å². The highest BCUT2D eigenvalue weighted by molar-refractivity contribution is 5.91. The van der Waals surface area contributed by atoms with Gasteiger partial charge in [0.1, 0.15) is 5.75 Å². The second-order valence-corrected chi connectivity index (χ2v) is 5.44. The third-order valence-corrected chi connectivity index (χ3v) is 3.77. The lowest BCUT2D eigenvalue weighted by molar-refractivity contribution is 0.0919. The number of rotatable bonds is 6. The van der Waals surface area contributed by atoms with E-state index < -0.39 is 0 Å². The van der Waals surface area contributed by atoms with Crippen molar-refractivity contribution in [2.24, 2.45) is 5.92 Å². The quantitative estimate of drug-likeness (QED) is 0.850. The molecule has 0 bridgehead atoms. The molecule has 1 saturated heterocycles. The maximum atomic E-state index is 12.0. The number of ether oxygens (including phenoxy) is 1. The fourth-order valence-electron chi connectivity index (χ4n) is 2.54. The summed E-state index contributed by atoms with van der Waals surface area (Å²) >= 11 is 0. The van der Waals surface area contributed by atoms with E-state index in [-0.39, 0.29) is 24.1 Å². The van der Waals surface area contributed by atoms with Crippen LogP contribution in [0.1, 0.15) is 23.4 Å². The van der Waals surface area contributed by atoms with E-state index in [0.717, 1.165) is 19.5 Å². The predicted octanol–water partition coefficient (Wildman–Crippen LogP) is 3.22. The van der Waals surface area contributed by atoms with Crippen LogP contribution in [0.4, 0.5) is 0 Å². The van der Waals surface area contributed by atoms with Gasteiger partial charge in [0.15, 0.2) is 5.76 Å². The van der Waals surface area contributed by atoms with E-state index in [1.54, 1.807) is 12.1 Å². The molecule has 0 spiro atoms. The third-order valence-electron chi connectivity index (χ3n) is 3.77. The summed E-state index contributed by atoms with van der Waals surface area (Å²) in [4.78, 5) is 12.0. The second kappa shape index (κ2) is 8.60. The summed E-state index contributed by atoms with van der Waals surface area (Å²) in [6, 6.07) is 12.6. The Morgan fingerprint density at radius 2 is 2.09 bits per heavy atom. The lowest BCUT2D eigenvalue weighted by Gasteiger charge is -2.08. The SMILES string of the molecule is Cl.O=C(NCCC1CCNC1)c1ccc(Oc2ccccc2)o1. The highest BCUT2D eigenvalue weighted by Gasteiger charge is 2.16. The van der Waals surface area contributed by atoms with E-state index in [1.165, 1.54) is 6.42 Å². The molecule has 2 aromatic rings. The lowest BCUT2D eigenvalue weighted by Crippen LogP contribution is -2.26. The summed E-state index contributed by atoms with van der Waals surface area (Å²) in [5, 5.41) is 6.21. The summed E-state index contributed by atoms with van der Waals surface area (Å²) in [6.07, 6.45) is 2.18. The summed E-state index contributed by atoms with van der Waals surface area (Å²) in [7, 11) is 0. The number of para-hydroxylation sites is 1. The lowest BCUT2D eigenvalue weighted by atomic mass is 10.1. The van der Waals surface area contributed by atoms with Crippen LogP contribution in [0.5, 0.6) is 11.7 Å². The number of nitrogens with one attached hydrogen (secondary N) is 2. The van der Waals surface area contributed by atoms with Gasteiger partial charge in [0.2, 0.25) is 0 Å². The predicted molar refractivity (Wildman–Crippen MR) is 90.4 cm³/mol. The van der Waals surface area contributed by atoms with Gasteiger partial charge in [-0.3, -0.25) is 4.79 Å². The van der Waals surface area contributed by atoms with E-state index in [1.807, 2.05) is 30.3 Å². The summed E-state index contributed by atoms with van der Waals surface area (Å²) in [6.45, 7) is 2.80. The van der Waals surface area contributed by atoms with Gasteiger partial charge in [-0.15, -0.1) is 12.4 Å². The number of halogens is 1. The molecule has 1 amide bonds. The number of carbonyl (C=O) groups is 1. The standard InChI is InChI=1S/C17H20N2O3.ClH/c20-17(19-11-9-13-8-10-18-12-13)15-6-7-16(22-15)21-14-4-2-1-3-5-14;/h1-7,13,18H,8-12H2,(H,19,20);1H. The van der Waals surface area contributed by atoms with Gasteiger partial charge < -0.3 is 19.8 Å². The molecule has 1 aromatic heterocycles. The summed E-state index contributed by atoms with van der Waals surface area (Å²) < 4.78 is 11.0. The molecular formula is C17H21ClN2O3. The third kappa shape index (κ3) is 5.01. The molecule has 0 saturated carbocycles. The monoisotopic (exact) mass is 336 g/mol. The minimum absolute atomic E-state index is 0. The number of benzene rings is 1. The van der Waals surface area contributed by atoms with E-state index >= 15 is 0 Å². The maximum absolute atomic E-state index is 12.0. The summed E-state index contributed by atoms with van der Waals surface area (Å²) in [5.41, 5.74) is 0. The zero-order valence-electron chi connectivity index (χ0n) is 12.8. The molecule has 2 heterocycles. The van der Waals surface area contributed by atoms with Crippen molar-refractivity contribution in [2.45, 2.75) is 12.8 Å².